The number of hydrogen-bond acceptors (Lipinski definition) is 4. The number of nitrogens with one attached hydrogen (secondary N) is 1. The molecule has 0 fully saturated rings. The van der Waals surface area contributed by atoms with Crippen molar-refractivity contribution in [2.24, 2.45) is 0 Å². The van der Waals surface area contributed by atoms with Crippen molar-refractivity contribution in [1.29, 1.82) is 0 Å². The van der Waals surface area contributed by atoms with Crippen molar-refractivity contribution in [2.75, 3.05) is 11.1 Å². The minimum atomic E-state index is -0.324. The van der Waals surface area contributed by atoms with Gasteiger partial charge in [0.05, 0.1) is 16.6 Å². The number of thioether (sulfide) groups is 1. The Kier molecular flexibility index (Phi) is 5.50. The number of aromatic nitrogens is 1. The second-order valence-electron chi connectivity index (χ2n) is 4.27. The quantitative estimate of drug-likeness (QED) is 0.610. The fraction of sp³-hybridized carbons (Fsp3) is 0.143. The molecule has 4 nitrogen and oxygen atoms in total. The van der Waals surface area contributed by atoms with Gasteiger partial charge >= 0.3 is 0 Å². The third kappa shape index (κ3) is 4.36. The minimum absolute atomic E-state index is 0.161. The van der Waals surface area contributed by atoms with Crippen LogP contribution in [0.1, 0.15) is 6.92 Å². The van der Waals surface area contributed by atoms with Gasteiger partial charge in [0.1, 0.15) is 5.03 Å². The Hall–Kier alpha value is -1.24. The summed E-state index contributed by atoms with van der Waals surface area (Å²) in [7, 11) is 0. The number of nitrogens with two attached hydrogens (primary N) is 1. The van der Waals surface area contributed by atoms with Crippen LogP contribution in [0.3, 0.4) is 0 Å². The Labute approximate surface area is 140 Å². The fourth-order valence-electron chi connectivity index (χ4n) is 1.55. The van der Waals surface area contributed by atoms with E-state index in [1.807, 2.05) is 19.1 Å². The van der Waals surface area contributed by atoms with E-state index >= 15 is 0 Å². The molecule has 0 aliphatic carbocycles. The second kappa shape index (κ2) is 7.15. The molecule has 21 heavy (non-hydrogen) atoms. The van der Waals surface area contributed by atoms with Gasteiger partial charge in [-0.3, -0.25) is 4.79 Å². The third-order valence-corrected chi connectivity index (χ3v) is 4.91. The summed E-state index contributed by atoms with van der Waals surface area (Å²) >= 11 is 10.7. The van der Waals surface area contributed by atoms with Crippen molar-refractivity contribution >= 4 is 56.6 Å². The zero-order chi connectivity index (χ0) is 15.4. The van der Waals surface area contributed by atoms with Crippen molar-refractivity contribution in [3.8, 4) is 0 Å². The maximum absolute atomic E-state index is 12.2. The first kappa shape index (κ1) is 16.1. The molecule has 3 N–H and O–H groups in total. The highest BCUT2D eigenvalue weighted by Gasteiger charge is 2.17. The molecule has 0 aliphatic rings. The first-order valence-corrected chi connectivity index (χ1v) is 8.15. The lowest BCUT2D eigenvalue weighted by Crippen LogP contribution is -2.23. The summed E-state index contributed by atoms with van der Waals surface area (Å²) in [5.41, 5.74) is 6.80. The highest BCUT2D eigenvalue weighted by atomic mass is 79.9. The highest BCUT2D eigenvalue weighted by molar-refractivity contribution is 9.10. The van der Waals surface area contributed by atoms with E-state index in [9.17, 15) is 4.79 Å². The molecule has 1 atom stereocenters. The van der Waals surface area contributed by atoms with Crippen molar-refractivity contribution in [3.05, 3.63) is 46.0 Å². The summed E-state index contributed by atoms with van der Waals surface area (Å²) in [6.45, 7) is 1.81. The van der Waals surface area contributed by atoms with E-state index < -0.39 is 0 Å². The average molecular weight is 387 g/mol. The SMILES string of the molecule is CC(Sc1ncccc1Br)C(=O)Nc1cc(Cl)ccc1N. The Morgan fingerprint density at radius 1 is 1.48 bits per heavy atom. The number of nitrogens with zero attached hydrogens (tertiary/aromatic N) is 1. The van der Waals surface area contributed by atoms with Gasteiger partial charge in [-0.1, -0.05) is 23.4 Å². The first-order valence-electron chi connectivity index (χ1n) is 6.10. The van der Waals surface area contributed by atoms with Gasteiger partial charge in [-0.15, -0.1) is 0 Å². The molecule has 1 amide bonds. The standard InChI is InChI=1S/C14H13BrClN3OS/c1-8(21-14-10(15)3-2-6-18-14)13(20)19-12-7-9(16)4-5-11(12)17/h2-8H,17H2,1H3,(H,19,20). The van der Waals surface area contributed by atoms with E-state index in [0.717, 1.165) is 9.50 Å². The molecule has 0 bridgehead atoms. The molecule has 2 rings (SSSR count). The largest absolute Gasteiger partial charge is 0.397 e. The molecule has 2 aromatic rings. The predicted molar refractivity (Wildman–Crippen MR) is 91.8 cm³/mol. The first-order chi connectivity index (χ1) is 9.97. The molecule has 0 spiro atoms. The second-order valence-corrected chi connectivity index (χ2v) is 6.89. The van der Waals surface area contributed by atoms with Crippen LogP contribution >= 0.6 is 39.3 Å². The maximum atomic E-state index is 12.2. The number of carbonyl (C=O) groups excluding carboxylic acids is 1. The molecule has 0 aliphatic heterocycles. The molecule has 1 heterocycles. The Balaban J connectivity index is 2.06. The van der Waals surface area contributed by atoms with Crippen LogP contribution in [-0.2, 0) is 4.79 Å². The number of pyridine rings is 1. The van der Waals surface area contributed by atoms with Gasteiger partial charge in [0.2, 0.25) is 5.91 Å². The molecular weight excluding hydrogens is 374 g/mol. The zero-order valence-corrected chi connectivity index (χ0v) is 14.3. The Morgan fingerprint density at radius 2 is 2.24 bits per heavy atom. The van der Waals surface area contributed by atoms with Crippen LogP contribution in [0, 0.1) is 0 Å². The van der Waals surface area contributed by atoms with Crippen molar-refractivity contribution in [2.45, 2.75) is 17.2 Å². The summed E-state index contributed by atoms with van der Waals surface area (Å²) in [4.78, 5) is 16.4. The number of halogens is 2. The molecule has 1 unspecified atom stereocenters. The summed E-state index contributed by atoms with van der Waals surface area (Å²) in [6.07, 6.45) is 1.69. The van der Waals surface area contributed by atoms with E-state index in [1.54, 1.807) is 24.4 Å². The molecule has 1 aromatic carbocycles. The van der Waals surface area contributed by atoms with E-state index in [-0.39, 0.29) is 11.2 Å². The molecule has 110 valence electrons. The number of anilines is 2. The van der Waals surface area contributed by atoms with E-state index in [4.69, 9.17) is 17.3 Å². The normalized spacial score (nSPS) is 12.0. The molecule has 7 heteroatoms. The number of benzene rings is 1. The maximum Gasteiger partial charge on any atom is 0.237 e. The molecule has 0 saturated carbocycles. The van der Waals surface area contributed by atoms with Crippen LogP contribution in [0.5, 0.6) is 0 Å². The van der Waals surface area contributed by atoms with Gasteiger partial charge in [0, 0.05) is 15.7 Å². The van der Waals surface area contributed by atoms with Crippen LogP contribution in [0.15, 0.2) is 46.0 Å². The summed E-state index contributed by atoms with van der Waals surface area (Å²) in [6, 6.07) is 8.67. The van der Waals surface area contributed by atoms with Gasteiger partial charge in [-0.2, -0.15) is 0 Å². The van der Waals surface area contributed by atoms with Gasteiger partial charge in [0.15, 0.2) is 0 Å². The van der Waals surface area contributed by atoms with E-state index in [2.05, 4.69) is 26.2 Å². The fourth-order valence-corrected chi connectivity index (χ4v) is 3.06. The lowest BCUT2D eigenvalue weighted by Gasteiger charge is -2.13. The minimum Gasteiger partial charge on any atom is -0.397 e. The van der Waals surface area contributed by atoms with Crippen LogP contribution < -0.4 is 11.1 Å². The van der Waals surface area contributed by atoms with Crippen LogP contribution in [0.2, 0.25) is 5.02 Å². The van der Waals surface area contributed by atoms with Gasteiger partial charge in [0.25, 0.3) is 0 Å². The predicted octanol–water partition coefficient (Wildman–Crippen LogP) is 4.20. The van der Waals surface area contributed by atoms with Gasteiger partial charge in [-0.25, -0.2) is 4.98 Å². The van der Waals surface area contributed by atoms with Crippen LogP contribution in [-0.4, -0.2) is 16.1 Å². The zero-order valence-electron chi connectivity index (χ0n) is 11.1. The van der Waals surface area contributed by atoms with Crippen LogP contribution in [0.25, 0.3) is 0 Å². The summed E-state index contributed by atoms with van der Waals surface area (Å²) in [5.74, 6) is -0.161. The van der Waals surface area contributed by atoms with Crippen molar-refractivity contribution in [3.63, 3.8) is 0 Å². The molecule has 0 saturated heterocycles. The number of rotatable bonds is 4. The number of amides is 1. The van der Waals surface area contributed by atoms with Crippen molar-refractivity contribution in [1.82, 2.24) is 4.98 Å². The lowest BCUT2D eigenvalue weighted by molar-refractivity contribution is -0.115. The Bertz CT molecular complexity index is 668. The third-order valence-electron chi connectivity index (χ3n) is 2.66. The summed E-state index contributed by atoms with van der Waals surface area (Å²) in [5, 5.41) is 3.74. The van der Waals surface area contributed by atoms with Crippen LogP contribution in [0.4, 0.5) is 11.4 Å². The number of carbonyl (C=O) groups is 1. The van der Waals surface area contributed by atoms with Crippen molar-refractivity contribution < 1.29 is 4.79 Å². The van der Waals surface area contributed by atoms with Gasteiger partial charge in [-0.05, 0) is 53.2 Å². The molecular formula is C14H13BrClN3OS. The molecule has 1 aromatic heterocycles. The lowest BCUT2D eigenvalue weighted by atomic mass is 10.2. The number of hydrogen-bond donors (Lipinski definition) is 2. The highest BCUT2D eigenvalue weighted by Crippen LogP contribution is 2.29. The number of nitrogen functional groups attached to an aromatic ring is 1. The summed E-state index contributed by atoms with van der Waals surface area (Å²) < 4.78 is 0.858. The van der Waals surface area contributed by atoms with E-state index in [1.165, 1.54) is 11.8 Å². The van der Waals surface area contributed by atoms with E-state index in [0.29, 0.717) is 16.4 Å². The monoisotopic (exact) mass is 385 g/mol. The smallest absolute Gasteiger partial charge is 0.237 e. The molecule has 0 radical (unpaired) electrons. The van der Waals surface area contributed by atoms with Gasteiger partial charge < -0.3 is 11.1 Å². The Morgan fingerprint density at radius 3 is 2.95 bits per heavy atom. The average Bonchev–Trinajstić information content (AvgIpc) is 2.45. The topological polar surface area (TPSA) is 68.0 Å².